The Morgan fingerprint density at radius 2 is 1.93 bits per heavy atom. The highest BCUT2D eigenvalue weighted by Gasteiger charge is 2.22. The molecule has 4 rings (SSSR count). The van der Waals surface area contributed by atoms with Gasteiger partial charge in [-0.15, -0.1) is 0 Å². The van der Waals surface area contributed by atoms with Crippen LogP contribution >= 0.6 is 0 Å². The van der Waals surface area contributed by atoms with Gasteiger partial charge in [-0.3, -0.25) is 0 Å². The average molecular weight is 368 g/mol. The molecule has 0 unspecified atom stereocenters. The number of piperidine rings is 1. The van der Waals surface area contributed by atoms with E-state index in [1.807, 2.05) is 13.1 Å². The van der Waals surface area contributed by atoms with E-state index in [9.17, 15) is 4.39 Å². The topological polar surface area (TPSA) is 42.3 Å². The monoisotopic (exact) mass is 368 g/mol. The number of halogens is 1. The van der Waals surface area contributed by atoms with Gasteiger partial charge in [-0.2, -0.15) is 0 Å². The maximum absolute atomic E-state index is 13.9. The van der Waals surface area contributed by atoms with E-state index < -0.39 is 5.82 Å². The van der Waals surface area contributed by atoms with E-state index in [0.29, 0.717) is 17.4 Å². The molecule has 0 radical (unpaired) electrons. The van der Waals surface area contributed by atoms with Crippen LogP contribution in [0, 0.1) is 5.82 Å². The zero-order valence-electron chi connectivity index (χ0n) is 16.0. The summed E-state index contributed by atoms with van der Waals surface area (Å²) in [6.45, 7) is 2.27. The van der Waals surface area contributed by atoms with Gasteiger partial charge in [0.2, 0.25) is 0 Å². The number of hydrogen-bond donors (Lipinski definition) is 1. The quantitative estimate of drug-likeness (QED) is 0.747. The van der Waals surface area contributed by atoms with Gasteiger partial charge in [0.15, 0.2) is 11.6 Å². The number of methoxy groups -OCH3 is 1. The fraction of sp³-hybridized carbons (Fsp3) is 0.381. The maximum atomic E-state index is 13.9. The summed E-state index contributed by atoms with van der Waals surface area (Å²) >= 11 is 0. The number of anilines is 2. The van der Waals surface area contributed by atoms with E-state index in [-0.39, 0.29) is 5.75 Å². The van der Waals surface area contributed by atoms with Gasteiger partial charge in [-0.05, 0) is 68.7 Å². The molecule has 1 aromatic carbocycles. The third kappa shape index (κ3) is 3.49. The molecule has 0 spiro atoms. The van der Waals surface area contributed by atoms with Crippen LogP contribution in [-0.4, -0.2) is 41.7 Å². The van der Waals surface area contributed by atoms with Gasteiger partial charge in [-0.25, -0.2) is 9.37 Å². The predicted octanol–water partition coefficient (Wildman–Crippen LogP) is 4.27. The summed E-state index contributed by atoms with van der Waals surface area (Å²) in [5.74, 6) is 1.12. The summed E-state index contributed by atoms with van der Waals surface area (Å²) in [6.07, 6.45) is 4.58. The number of fused-ring (bicyclic) bond motifs is 1. The molecular formula is C21H25FN4O. The first-order valence-electron chi connectivity index (χ1n) is 9.30. The number of pyridine rings is 1. The molecule has 5 nitrogen and oxygen atoms in total. The number of likely N-dealkylation sites (tertiary alicyclic amines) is 1. The average Bonchev–Trinajstić information content (AvgIpc) is 2.99. The molecule has 1 aliphatic rings. The van der Waals surface area contributed by atoms with Crippen molar-refractivity contribution in [3.8, 4) is 5.75 Å². The molecule has 0 saturated carbocycles. The molecule has 142 valence electrons. The standard InChI is InChI=1S/C21H25FN4O/c1-25-10-8-14(9-11-25)17-13-26(2)21-16(17)5-7-20(24-21)23-15-4-6-19(27-3)18(22)12-15/h4-7,12-14H,8-11H2,1-3H3,(H,23,24). The third-order valence-electron chi connectivity index (χ3n) is 5.44. The molecule has 1 fully saturated rings. The Hall–Kier alpha value is -2.60. The van der Waals surface area contributed by atoms with Crippen LogP contribution in [0.2, 0.25) is 0 Å². The highest BCUT2D eigenvalue weighted by molar-refractivity contribution is 5.83. The summed E-state index contributed by atoms with van der Waals surface area (Å²) in [5, 5.41) is 4.39. The van der Waals surface area contributed by atoms with Crippen molar-refractivity contribution in [3.63, 3.8) is 0 Å². The van der Waals surface area contributed by atoms with Gasteiger partial charge >= 0.3 is 0 Å². The minimum absolute atomic E-state index is 0.231. The van der Waals surface area contributed by atoms with Crippen molar-refractivity contribution in [2.75, 3.05) is 32.6 Å². The predicted molar refractivity (Wildman–Crippen MR) is 106 cm³/mol. The third-order valence-corrected chi connectivity index (χ3v) is 5.44. The van der Waals surface area contributed by atoms with Crippen molar-refractivity contribution in [3.05, 3.63) is 47.9 Å². The Bertz CT molecular complexity index is 960. The van der Waals surface area contributed by atoms with Crippen molar-refractivity contribution in [2.24, 2.45) is 7.05 Å². The number of nitrogens with one attached hydrogen (secondary N) is 1. The van der Waals surface area contributed by atoms with Crippen molar-refractivity contribution in [1.29, 1.82) is 0 Å². The van der Waals surface area contributed by atoms with E-state index in [1.165, 1.54) is 37.0 Å². The molecule has 3 heterocycles. The Kier molecular flexibility index (Phi) is 4.74. The smallest absolute Gasteiger partial charge is 0.167 e. The summed E-state index contributed by atoms with van der Waals surface area (Å²) in [6, 6.07) is 8.89. The van der Waals surface area contributed by atoms with Crippen LogP contribution in [0.15, 0.2) is 36.5 Å². The first kappa shape index (κ1) is 17.8. The maximum Gasteiger partial charge on any atom is 0.167 e. The number of ether oxygens (including phenoxy) is 1. The number of hydrogen-bond acceptors (Lipinski definition) is 4. The second kappa shape index (κ2) is 7.19. The second-order valence-corrected chi connectivity index (χ2v) is 7.31. The van der Waals surface area contributed by atoms with E-state index in [2.05, 4.69) is 34.1 Å². The van der Waals surface area contributed by atoms with Crippen LogP contribution in [-0.2, 0) is 7.05 Å². The summed E-state index contributed by atoms with van der Waals surface area (Å²) in [4.78, 5) is 7.15. The SMILES string of the molecule is COc1ccc(Nc2ccc3c(C4CCN(C)CC4)cn(C)c3n2)cc1F. The lowest BCUT2D eigenvalue weighted by Gasteiger charge is -2.28. The van der Waals surface area contributed by atoms with Gasteiger partial charge in [0.05, 0.1) is 7.11 Å². The molecule has 3 aromatic rings. The largest absolute Gasteiger partial charge is 0.494 e. The van der Waals surface area contributed by atoms with Gasteiger partial charge in [0, 0.05) is 30.4 Å². The molecule has 2 aromatic heterocycles. The van der Waals surface area contributed by atoms with Crippen LogP contribution in [0.5, 0.6) is 5.75 Å². The van der Waals surface area contributed by atoms with E-state index >= 15 is 0 Å². The zero-order chi connectivity index (χ0) is 19.0. The Labute approximate surface area is 158 Å². The molecule has 0 aliphatic carbocycles. The molecule has 27 heavy (non-hydrogen) atoms. The fourth-order valence-corrected chi connectivity index (χ4v) is 3.89. The van der Waals surface area contributed by atoms with Crippen molar-refractivity contribution >= 4 is 22.5 Å². The van der Waals surface area contributed by atoms with Crippen molar-refractivity contribution < 1.29 is 9.13 Å². The molecule has 1 N–H and O–H groups in total. The first-order valence-corrected chi connectivity index (χ1v) is 9.30. The molecule has 0 bridgehead atoms. The summed E-state index contributed by atoms with van der Waals surface area (Å²) in [7, 11) is 5.67. The first-order chi connectivity index (χ1) is 13.0. The van der Waals surface area contributed by atoms with Crippen LogP contribution in [0.1, 0.15) is 24.3 Å². The lowest BCUT2D eigenvalue weighted by molar-refractivity contribution is 0.256. The number of aryl methyl sites for hydroxylation is 1. The number of rotatable bonds is 4. The lowest BCUT2D eigenvalue weighted by atomic mass is 9.90. The van der Waals surface area contributed by atoms with Gasteiger partial charge < -0.3 is 19.5 Å². The fourth-order valence-electron chi connectivity index (χ4n) is 3.89. The number of aromatic nitrogens is 2. The van der Waals surface area contributed by atoms with E-state index in [0.717, 1.165) is 18.7 Å². The van der Waals surface area contributed by atoms with Crippen molar-refractivity contribution in [1.82, 2.24) is 14.5 Å². The van der Waals surface area contributed by atoms with Crippen LogP contribution in [0.3, 0.4) is 0 Å². The molecular weight excluding hydrogens is 343 g/mol. The lowest BCUT2D eigenvalue weighted by Crippen LogP contribution is -2.29. The van der Waals surface area contributed by atoms with Gasteiger partial charge in [0.1, 0.15) is 11.5 Å². The summed E-state index contributed by atoms with van der Waals surface area (Å²) in [5.41, 5.74) is 2.97. The van der Waals surface area contributed by atoms with Gasteiger partial charge in [0.25, 0.3) is 0 Å². The number of benzene rings is 1. The van der Waals surface area contributed by atoms with E-state index in [1.54, 1.807) is 12.1 Å². The molecule has 0 amide bonds. The Balaban J connectivity index is 1.61. The van der Waals surface area contributed by atoms with Crippen LogP contribution in [0.25, 0.3) is 11.0 Å². The molecule has 6 heteroatoms. The second-order valence-electron chi connectivity index (χ2n) is 7.31. The molecule has 0 atom stereocenters. The normalized spacial score (nSPS) is 16.0. The van der Waals surface area contributed by atoms with Crippen molar-refractivity contribution in [2.45, 2.75) is 18.8 Å². The van der Waals surface area contributed by atoms with E-state index in [4.69, 9.17) is 9.72 Å². The Morgan fingerprint density at radius 3 is 2.63 bits per heavy atom. The van der Waals surface area contributed by atoms with Gasteiger partial charge in [-0.1, -0.05) is 0 Å². The Morgan fingerprint density at radius 1 is 1.15 bits per heavy atom. The summed E-state index contributed by atoms with van der Waals surface area (Å²) < 4.78 is 21.0. The van der Waals surface area contributed by atoms with Crippen LogP contribution < -0.4 is 10.1 Å². The number of nitrogens with zero attached hydrogens (tertiary/aromatic N) is 3. The van der Waals surface area contributed by atoms with Crippen LogP contribution in [0.4, 0.5) is 15.9 Å². The highest BCUT2D eigenvalue weighted by atomic mass is 19.1. The zero-order valence-corrected chi connectivity index (χ0v) is 16.0. The highest BCUT2D eigenvalue weighted by Crippen LogP contribution is 2.34. The molecule has 1 aliphatic heterocycles. The minimum Gasteiger partial charge on any atom is -0.494 e. The minimum atomic E-state index is -0.396. The molecule has 1 saturated heterocycles.